The summed E-state index contributed by atoms with van der Waals surface area (Å²) in [7, 11) is 0. The third-order valence-electron chi connectivity index (χ3n) is 3.94. The molecule has 2 aromatic rings. The van der Waals surface area contributed by atoms with E-state index in [2.05, 4.69) is 20.8 Å². The van der Waals surface area contributed by atoms with Gasteiger partial charge >= 0.3 is 0 Å². The molecule has 2 N–H and O–H groups in total. The van der Waals surface area contributed by atoms with Crippen molar-refractivity contribution in [2.75, 3.05) is 6.54 Å². The van der Waals surface area contributed by atoms with Crippen LogP contribution in [0.4, 0.5) is 0 Å². The van der Waals surface area contributed by atoms with E-state index in [0.717, 1.165) is 18.4 Å². The van der Waals surface area contributed by atoms with Crippen LogP contribution in [0.2, 0.25) is 0 Å². The first kappa shape index (κ1) is 16.2. The van der Waals surface area contributed by atoms with Gasteiger partial charge in [-0.15, -0.1) is 0 Å². The average Bonchev–Trinajstić information content (AvgIpc) is 2.99. The molecular formula is C17H20N4O3. The normalized spacial score (nSPS) is 17.8. The first-order chi connectivity index (χ1) is 11.7. The summed E-state index contributed by atoms with van der Waals surface area (Å²) in [6.45, 7) is 0.676. The van der Waals surface area contributed by atoms with E-state index >= 15 is 0 Å². The number of benzene rings is 1. The van der Waals surface area contributed by atoms with Gasteiger partial charge in [0.15, 0.2) is 0 Å². The second kappa shape index (κ2) is 7.72. The predicted octanol–water partition coefficient (Wildman–Crippen LogP) is 1.45. The quantitative estimate of drug-likeness (QED) is 0.866. The van der Waals surface area contributed by atoms with Crippen LogP contribution in [-0.4, -0.2) is 34.5 Å². The van der Waals surface area contributed by atoms with Gasteiger partial charge in [-0.05, 0) is 19.3 Å². The number of hydrogen-bond acceptors (Lipinski definition) is 5. The van der Waals surface area contributed by atoms with Crippen molar-refractivity contribution < 1.29 is 14.1 Å². The number of hydrogen-bond donors (Lipinski definition) is 2. The van der Waals surface area contributed by atoms with Crippen molar-refractivity contribution in [3.8, 4) is 11.4 Å². The van der Waals surface area contributed by atoms with Crippen molar-refractivity contribution in [2.24, 2.45) is 0 Å². The Hall–Kier alpha value is -2.70. The Bertz CT molecular complexity index is 699. The number of aromatic nitrogens is 2. The van der Waals surface area contributed by atoms with Crippen LogP contribution in [0, 0.1) is 0 Å². The Labute approximate surface area is 139 Å². The first-order valence-corrected chi connectivity index (χ1v) is 8.17. The fourth-order valence-corrected chi connectivity index (χ4v) is 2.62. The van der Waals surface area contributed by atoms with Crippen LogP contribution in [0.3, 0.4) is 0 Å². The Kier molecular flexibility index (Phi) is 5.20. The van der Waals surface area contributed by atoms with Crippen LogP contribution in [0.25, 0.3) is 11.4 Å². The fourth-order valence-electron chi connectivity index (χ4n) is 2.62. The van der Waals surface area contributed by atoms with Gasteiger partial charge in [0.2, 0.25) is 23.5 Å². The lowest BCUT2D eigenvalue weighted by Crippen LogP contribution is -2.45. The summed E-state index contributed by atoms with van der Waals surface area (Å²) in [4.78, 5) is 28.1. The molecule has 1 aromatic heterocycles. The number of aryl methyl sites for hydroxylation is 1. The van der Waals surface area contributed by atoms with Gasteiger partial charge < -0.3 is 15.2 Å². The Morgan fingerprint density at radius 2 is 2.12 bits per heavy atom. The van der Waals surface area contributed by atoms with E-state index in [4.69, 9.17) is 4.52 Å². The van der Waals surface area contributed by atoms with Crippen LogP contribution >= 0.6 is 0 Å². The van der Waals surface area contributed by atoms with E-state index in [9.17, 15) is 9.59 Å². The second-order valence-electron chi connectivity index (χ2n) is 5.78. The smallest absolute Gasteiger partial charge is 0.242 e. The maximum atomic E-state index is 12.0. The molecule has 126 valence electrons. The van der Waals surface area contributed by atoms with Crippen molar-refractivity contribution in [3.05, 3.63) is 36.2 Å². The zero-order chi connectivity index (χ0) is 16.8. The Balaban J connectivity index is 1.51. The molecule has 0 radical (unpaired) electrons. The number of rotatable bonds is 5. The fraction of sp³-hybridized carbons (Fsp3) is 0.412. The molecule has 2 heterocycles. The number of nitrogens with one attached hydrogen (secondary N) is 2. The molecule has 1 atom stereocenters. The van der Waals surface area contributed by atoms with E-state index in [1.807, 2.05) is 30.3 Å². The highest BCUT2D eigenvalue weighted by atomic mass is 16.5. The summed E-state index contributed by atoms with van der Waals surface area (Å²) >= 11 is 0. The molecule has 7 heteroatoms. The summed E-state index contributed by atoms with van der Waals surface area (Å²) in [5.74, 6) is 0.630. The van der Waals surface area contributed by atoms with Gasteiger partial charge in [0.25, 0.3) is 0 Å². The largest absolute Gasteiger partial charge is 0.354 e. The molecule has 7 nitrogen and oxygen atoms in total. The molecule has 1 fully saturated rings. The summed E-state index contributed by atoms with van der Waals surface area (Å²) in [6, 6.07) is 9.06. The third kappa shape index (κ3) is 4.18. The van der Waals surface area contributed by atoms with E-state index in [1.165, 1.54) is 0 Å². The van der Waals surface area contributed by atoms with Crippen LogP contribution in [0.5, 0.6) is 0 Å². The number of carbonyl (C=O) groups is 2. The van der Waals surface area contributed by atoms with Crippen molar-refractivity contribution in [1.82, 2.24) is 20.8 Å². The first-order valence-electron chi connectivity index (χ1n) is 8.17. The standard InChI is InChI=1S/C17H20N4O3/c22-14(19-13-8-4-5-11-18-17(13)23)9-10-15-20-16(21-24-15)12-6-2-1-3-7-12/h1-3,6-7,13H,4-5,8-11H2,(H,18,23)(H,19,22). The zero-order valence-corrected chi connectivity index (χ0v) is 13.3. The van der Waals surface area contributed by atoms with Crippen LogP contribution in [-0.2, 0) is 16.0 Å². The molecule has 0 saturated carbocycles. The highest BCUT2D eigenvalue weighted by molar-refractivity contribution is 5.87. The summed E-state index contributed by atoms with van der Waals surface area (Å²) in [5, 5.41) is 9.50. The van der Waals surface area contributed by atoms with Crippen molar-refractivity contribution in [2.45, 2.75) is 38.1 Å². The minimum absolute atomic E-state index is 0.106. The molecule has 24 heavy (non-hydrogen) atoms. The zero-order valence-electron chi connectivity index (χ0n) is 13.3. The van der Waals surface area contributed by atoms with Crippen molar-refractivity contribution in [3.63, 3.8) is 0 Å². The second-order valence-corrected chi connectivity index (χ2v) is 5.78. The molecule has 1 unspecified atom stereocenters. The monoisotopic (exact) mass is 328 g/mol. The third-order valence-corrected chi connectivity index (χ3v) is 3.94. The maximum absolute atomic E-state index is 12.0. The summed E-state index contributed by atoms with van der Waals surface area (Å²) in [5.41, 5.74) is 0.868. The van der Waals surface area contributed by atoms with Gasteiger partial charge in [-0.3, -0.25) is 9.59 Å². The molecule has 1 aliphatic rings. The Morgan fingerprint density at radius 1 is 1.29 bits per heavy atom. The molecule has 0 aliphatic carbocycles. The predicted molar refractivity (Wildman–Crippen MR) is 86.8 cm³/mol. The minimum Gasteiger partial charge on any atom is -0.354 e. The van der Waals surface area contributed by atoms with Gasteiger partial charge in [-0.1, -0.05) is 35.5 Å². The molecular weight excluding hydrogens is 308 g/mol. The molecule has 1 saturated heterocycles. The molecule has 2 amide bonds. The van der Waals surface area contributed by atoms with E-state index < -0.39 is 6.04 Å². The summed E-state index contributed by atoms with van der Waals surface area (Å²) in [6.07, 6.45) is 3.10. The van der Waals surface area contributed by atoms with Gasteiger partial charge in [-0.2, -0.15) is 4.98 Å². The van der Waals surface area contributed by atoms with Gasteiger partial charge in [-0.25, -0.2) is 0 Å². The van der Waals surface area contributed by atoms with Crippen molar-refractivity contribution >= 4 is 11.8 Å². The van der Waals surface area contributed by atoms with Gasteiger partial charge in [0, 0.05) is 24.9 Å². The molecule has 1 aliphatic heterocycles. The van der Waals surface area contributed by atoms with Crippen LogP contribution < -0.4 is 10.6 Å². The van der Waals surface area contributed by atoms with Crippen molar-refractivity contribution in [1.29, 1.82) is 0 Å². The highest BCUT2D eigenvalue weighted by Gasteiger charge is 2.22. The van der Waals surface area contributed by atoms with E-state index in [1.54, 1.807) is 0 Å². The molecule has 0 bridgehead atoms. The van der Waals surface area contributed by atoms with Gasteiger partial charge in [0.1, 0.15) is 6.04 Å². The maximum Gasteiger partial charge on any atom is 0.242 e. The van der Waals surface area contributed by atoms with Crippen LogP contribution in [0.15, 0.2) is 34.9 Å². The number of amides is 2. The average molecular weight is 328 g/mol. The summed E-state index contributed by atoms with van der Waals surface area (Å²) < 4.78 is 5.18. The minimum atomic E-state index is -0.442. The van der Waals surface area contributed by atoms with E-state index in [0.29, 0.717) is 31.1 Å². The Morgan fingerprint density at radius 3 is 2.96 bits per heavy atom. The molecule has 1 aromatic carbocycles. The number of carbonyl (C=O) groups excluding carboxylic acids is 2. The lowest BCUT2D eigenvalue weighted by atomic mass is 10.1. The molecule has 3 rings (SSSR count). The lowest BCUT2D eigenvalue weighted by molar-refractivity contribution is -0.128. The highest BCUT2D eigenvalue weighted by Crippen LogP contribution is 2.15. The van der Waals surface area contributed by atoms with Gasteiger partial charge in [0.05, 0.1) is 0 Å². The van der Waals surface area contributed by atoms with Crippen LogP contribution in [0.1, 0.15) is 31.6 Å². The number of nitrogens with zero attached hydrogens (tertiary/aromatic N) is 2. The van der Waals surface area contributed by atoms with E-state index in [-0.39, 0.29) is 18.2 Å². The lowest BCUT2D eigenvalue weighted by Gasteiger charge is -2.14. The topological polar surface area (TPSA) is 97.1 Å². The molecule has 0 spiro atoms. The SMILES string of the molecule is O=C(CCc1nc(-c2ccccc2)no1)NC1CCCCNC1=O.